The minimum absolute atomic E-state index is 0.0556. The van der Waals surface area contributed by atoms with Crippen molar-refractivity contribution in [2.45, 2.75) is 32.9 Å². The molecule has 0 aliphatic heterocycles. The number of aromatic nitrogens is 3. The molecule has 1 aromatic rings. The van der Waals surface area contributed by atoms with Crippen molar-refractivity contribution in [3.8, 4) is 0 Å². The summed E-state index contributed by atoms with van der Waals surface area (Å²) in [6.45, 7) is 4.04. The third-order valence-electron chi connectivity index (χ3n) is 1.63. The third kappa shape index (κ3) is 3.68. The van der Waals surface area contributed by atoms with Gasteiger partial charge in [0.2, 0.25) is 0 Å². The molecule has 0 N–H and O–H groups in total. The number of carbonyl (C=O) groups excluding carboxylic acids is 1. The summed E-state index contributed by atoms with van der Waals surface area (Å²) < 4.78 is 6.80. The van der Waals surface area contributed by atoms with Gasteiger partial charge >= 0.3 is 5.97 Å². The topological polar surface area (TPSA) is 57.0 Å². The van der Waals surface area contributed by atoms with E-state index in [-0.39, 0.29) is 12.1 Å². The van der Waals surface area contributed by atoms with Gasteiger partial charge in [-0.1, -0.05) is 0 Å². The predicted octanol–water partition coefficient (Wildman–Crippen LogP) is 0.620. The molecule has 0 saturated carbocycles. The summed E-state index contributed by atoms with van der Waals surface area (Å²) in [6, 6.07) is 0. The number of aryl methyl sites for hydroxylation is 1. The summed E-state index contributed by atoms with van der Waals surface area (Å²) in [7, 11) is 0. The molecule has 1 rings (SSSR count). The molecule has 0 aliphatic rings. The van der Waals surface area contributed by atoms with E-state index in [1.807, 2.05) is 11.5 Å². The molecule has 13 heavy (non-hydrogen) atoms. The van der Waals surface area contributed by atoms with E-state index in [1.54, 1.807) is 12.7 Å². The standard InChI is InChI=1S/C8H13N3O2/c1-7(13-8(2)12)3-4-11-5-9-10-6-11/h5-7H,3-4H2,1-2H3. The molecule has 0 saturated heterocycles. The molecule has 1 atom stereocenters. The summed E-state index contributed by atoms with van der Waals surface area (Å²) in [5.41, 5.74) is 0. The fraction of sp³-hybridized carbons (Fsp3) is 0.625. The second-order valence-electron chi connectivity index (χ2n) is 2.91. The molecule has 0 bridgehead atoms. The highest BCUT2D eigenvalue weighted by molar-refractivity contribution is 5.66. The fourth-order valence-corrected chi connectivity index (χ4v) is 1.01. The minimum atomic E-state index is -0.240. The zero-order valence-corrected chi connectivity index (χ0v) is 7.80. The molecule has 1 aromatic heterocycles. The van der Waals surface area contributed by atoms with Crippen molar-refractivity contribution >= 4 is 5.97 Å². The molecule has 5 nitrogen and oxygen atoms in total. The van der Waals surface area contributed by atoms with E-state index >= 15 is 0 Å². The predicted molar refractivity (Wildman–Crippen MR) is 45.9 cm³/mol. The Bertz CT molecular complexity index is 258. The molecule has 0 fully saturated rings. The third-order valence-corrected chi connectivity index (χ3v) is 1.63. The van der Waals surface area contributed by atoms with Crippen molar-refractivity contribution in [3.63, 3.8) is 0 Å². The molecule has 1 unspecified atom stereocenters. The van der Waals surface area contributed by atoms with Crippen molar-refractivity contribution < 1.29 is 9.53 Å². The van der Waals surface area contributed by atoms with E-state index in [2.05, 4.69) is 10.2 Å². The first-order chi connectivity index (χ1) is 6.18. The van der Waals surface area contributed by atoms with Crippen LogP contribution in [0.5, 0.6) is 0 Å². The van der Waals surface area contributed by atoms with Crippen LogP contribution in [0.2, 0.25) is 0 Å². The molecular weight excluding hydrogens is 170 g/mol. The van der Waals surface area contributed by atoms with E-state index in [0.717, 1.165) is 13.0 Å². The smallest absolute Gasteiger partial charge is 0.302 e. The van der Waals surface area contributed by atoms with Gasteiger partial charge in [-0.05, 0) is 6.92 Å². The maximum atomic E-state index is 10.6. The Balaban J connectivity index is 2.22. The molecule has 5 heteroatoms. The van der Waals surface area contributed by atoms with Gasteiger partial charge in [0, 0.05) is 19.9 Å². The maximum absolute atomic E-state index is 10.6. The van der Waals surface area contributed by atoms with Crippen LogP contribution < -0.4 is 0 Å². The lowest BCUT2D eigenvalue weighted by atomic mass is 10.3. The van der Waals surface area contributed by atoms with Crippen LogP contribution in [0.15, 0.2) is 12.7 Å². The fourth-order valence-electron chi connectivity index (χ4n) is 1.01. The van der Waals surface area contributed by atoms with Gasteiger partial charge in [-0.25, -0.2) is 0 Å². The Hall–Kier alpha value is -1.39. The lowest BCUT2D eigenvalue weighted by molar-refractivity contribution is -0.145. The van der Waals surface area contributed by atoms with Crippen molar-refractivity contribution in [2.24, 2.45) is 0 Å². The van der Waals surface area contributed by atoms with Gasteiger partial charge in [0.05, 0.1) is 0 Å². The van der Waals surface area contributed by atoms with Gasteiger partial charge in [0.1, 0.15) is 18.8 Å². The molecule has 72 valence electrons. The summed E-state index contributed by atoms with van der Waals surface area (Å²) in [6.07, 6.45) is 4.00. The maximum Gasteiger partial charge on any atom is 0.302 e. The molecule has 1 heterocycles. The highest BCUT2D eigenvalue weighted by Crippen LogP contribution is 2.00. The van der Waals surface area contributed by atoms with E-state index in [4.69, 9.17) is 4.74 Å². The number of rotatable bonds is 4. The summed E-state index contributed by atoms with van der Waals surface area (Å²) in [5, 5.41) is 7.33. The number of ether oxygens (including phenoxy) is 1. The van der Waals surface area contributed by atoms with Crippen molar-refractivity contribution in [1.29, 1.82) is 0 Å². The second kappa shape index (κ2) is 4.59. The highest BCUT2D eigenvalue weighted by Gasteiger charge is 2.04. The Morgan fingerprint density at radius 1 is 1.54 bits per heavy atom. The summed E-state index contributed by atoms with van der Waals surface area (Å²) in [5.74, 6) is -0.240. The van der Waals surface area contributed by atoms with Crippen LogP contribution in [0.25, 0.3) is 0 Å². The van der Waals surface area contributed by atoms with Crippen molar-refractivity contribution in [1.82, 2.24) is 14.8 Å². The lowest BCUT2D eigenvalue weighted by Crippen LogP contribution is -2.14. The van der Waals surface area contributed by atoms with Gasteiger partial charge in [-0.3, -0.25) is 4.79 Å². The first kappa shape index (κ1) is 9.70. The Morgan fingerprint density at radius 2 is 2.15 bits per heavy atom. The van der Waals surface area contributed by atoms with Crippen molar-refractivity contribution in [2.75, 3.05) is 0 Å². The van der Waals surface area contributed by atoms with E-state index in [9.17, 15) is 4.79 Å². The van der Waals surface area contributed by atoms with Crippen LogP contribution in [0.1, 0.15) is 20.3 Å². The molecule has 0 radical (unpaired) electrons. The van der Waals surface area contributed by atoms with E-state index < -0.39 is 0 Å². The van der Waals surface area contributed by atoms with Crippen LogP contribution in [-0.2, 0) is 16.1 Å². The Kier molecular flexibility index (Phi) is 3.42. The highest BCUT2D eigenvalue weighted by atomic mass is 16.5. The average molecular weight is 183 g/mol. The summed E-state index contributed by atoms with van der Waals surface area (Å²) >= 11 is 0. The van der Waals surface area contributed by atoms with Crippen LogP contribution >= 0.6 is 0 Å². The van der Waals surface area contributed by atoms with Gasteiger partial charge < -0.3 is 9.30 Å². The number of hydrogen-bond donors (Lipinski definition) is 0. The molecule has 0 amide bonds. The SMILES string of the molecule is CC(=O)OC(C)CCn1cnnc1. The number of carbonyl (C=O) groups is 1. The number of hydrogen-bond acceptors (Lipinski definition) is 4. The van der Waals surface area contributed by atoms with Crippen molar-refractivity contribution in [3.05, 3.63) is 12.7 Å². The van der Waals surface area contributed by atoms with E-state index in [1.165, 1.54) is 6.92 Å². The minimum Gasteiger partial charge on any atom is -0.463 e. The number of nitrogens with zero attached hydrogens (tertiary/aromatic N) is 3. The van der Waals surface area contributed by atoms with E-state index in [0.29, 0.717) is 0 Å². The van der Waals surface area contributed by atoms with Gasteiger partial charge in [0.25, 0.3) is 0 Å². The van der Waals surface area contributed by atoms with Crippen LogP contribution in [0.3, 0.4) is 0 Å². The lowest BCUT2D eigenvalue weighted by Gasteiger charge is -2.11. The second-order valence-corrected chi connectivity index (χ2v) is 2.91. The van der Waals surface area contributed by atoms with Crippen LogP contribution in [0.4, 0.5) is 0 Å². The normalized spacial score (nSPS) is 12.5. The van der Waals surface area contributed by atoms with Gasteiger partial charge in [-0.15, -0.1) is 10.2 Å². The molecule has 0 aromatic carbocycles. The molecule has 0 aliphatic carbocycles. The number of esters is 1. The van der Waals surface area contributed by atoms with Crippen LogP contribution in [0, 0.1) is 0 Å². The zero-order valence-electron chi connectivity index (χ0n) is 7.80. The first-order valence-corrected chi connectivity index (χ1v) is 4.18. The Labute approximate surface area is 76.7 Å². The van der Waals surface area contributed by atoms with Crippen LogP contribution in [-0.4, -0.2) is 26.8 Å². The monoisotopic (exact) mass is 183 g/mol. The molecular formula is C8H13N3O2. The first-order valence-electron chi connectivity index (χ1n) is 4.18. The largest absolute Gasteiger partial charge is 0.463 e. The zero-order chi connectivity index (χ0) is 9.68. The van der Waals surface area contributed by atoms with Gasteiger partial charge in [0.15, 0.2) is 0 Å². The van der Waals surface area contributed by atoms with Gasteiger partial charge in [-0.2, -0.15) is 0 Å². The Morgan fingerprint density at radius 3 is 2.69 bits per heavy atom. The quantitative estimate of drug-likeness (QED) is 0.642. The molecule has 0 spiro atoms. The average Bonchev–Trinajstić information content (AvgIpc) is 2.51. The summed E-state index contributed by atoms with van der Waals surface area (Å²) in [4.78, 5) is 10.6.